The molecule has 0 aliphatic carbocycles. The second-order valence-electron chi connectivity index (χ2n) is 5.39. The summed E-state index contributed by atoms with van der Waals surface area (Å²) >= 11 is 0. The van der Waals surface area contributed by atoms with E-state index in [1.54, 1.807) is 54.6 Å². The van der Waals surface area contributed by atoms with Gasteiger partial charge >= 0.3 is 0 Å². The van der Waals surface area contributed by atoms with Crippen molar-refractivity contribution in [3.05, 3.63) is 78.3 Å². The van der Waals surface area contributed by atoms with Crippen LogP contribution < -0.4 is 15.4 Å². The average Bonchev–Trinajstić information content (AvgIpc) is 3.19. The van der Waals surface area contributed by atoms with Crippen LogP contribution in [-0.2, 0) is 0 Å². The van der Waals surface area contributed by atoms with E-state index < -0.39 is 0 Å². The van der Waals surface area contributed by atoms with Crippen LogP contribution in [0.4, 0.5) is 11.4 Å². The zero-order valence-electron chi connectivity index (χ0n) is 14.2. The van der Waals surface area contributed by atoms with E-state index >= 15 is 0 Å². The minimum Gasteiger partial charge on any atom is -0.493 e. The molecule has 132 valence electrons. The molecule has 2 amide bonds. The first-order valence-corrected chi connectivity index (χ1v) is 8.15. The van der Waals surface area contributed by atoms with E-state index in [9.17, 15) is 9.59 Å². The van der Waals surface area contributed by atoms with Gasteiger partial charge in [0.05, 0.1) is 18.4 Å². The lowest BCUT2D eigenvalue weighted by atomic mass is 10.2. The molecule has 0 radical (unpaired) electrons. The molecule has 6 heteroatoms. The van der Waals surface area contributed by atoms with Crippen LogP contribution in [0.1, 0.15) is 27.8 Å². The normalized spacial score (nSPS) is 10.2. The summed E-state index contributed by atoms with van der Waals surface area (Å²) in [5.74, 6) is 0.170. The molecule has 1 aromatic heterocycles. The van der Waals surface area contributed by atoms with Crippen molar-refractivity contribution in [2.24, 2.45) is 0 Å². The molecular formula is C20H18N2O4. The zero-order chi connectivity index (χ0) is 18.4. The number of furan rings is 1. The van der Waals surface area contributed by atoms with Crippen LogP contribution >= 0.6 is 0 Å². The number of anilines is 2. The van der Waals surface area contributed by atoms with Crippen molar-refractivity contribution in [3.63, 3.8) is 0 Å². The standard InChI is InChI=1S/C20H18N2O4/c1-2-25-17-7-4-3-6-16(17)19(23)21-14-9-11-15(12-10-14)22-20(24)18-8-5-13-26-18/h3-13H,2H2,1H3,(H,21,23)(H,22,24). The molecule has 0 fully saturated rings. The SMILES string of the molecule is CCOc1ccccc1C(=O)Nc1ccc(NC(=O)c2ccco2)cc1. The van der Waals surface area contributed by atoms with Crippen LogP contribution in [0.5, 0.6) is 5.75 Å². The molecule has 26 heavy (non-hydrogen) atoms. The lowest BCUT2D eigenvalue weighted by Crippen LogP contribution is -2.14. The van der Waals surface area contributed by atoms with Crippen molar-refractivity contribution in [1.82, 2.24) is 0 Å². The van der Waals surface area contributed by atoms with Gasteiger partial charge in [0.2, 0.25) is 0 Å². The number of rotatable bonds is 6. The molecule has 2 aromatic carbocycles. The molecule has 2 N–H and O–H groups in total. The summed E-state index contributed by atoms with van der Waals surface area (Å²) in [6.45, 7) is 2.35. The highest BCUT2D eigenvalue weighted by Crippen LogP contribution is 2.21. The third-order valence-electron chi connectivity index (χ3n) is 3.58. The number of hydrogen-bond acceptors (Lipinski definition) is 4. The van der Waals surface area contributed by atoms with E-state index in [1.807, 2.05) is 13.0 Å². The Kier molecular flexibility index (Phi) is 5.34. The quantitative estimate of drug-likeness (QED) is 0.699. The number of carbonyl (C=O) groups is 2. The molecule has 0 atom stereocenters. The first kappa shape index (κ1) is 17.3. The van der Waals surface area contributed by atoms with Crippen LogP contribution in [0, 0.1) is 0 Å². The van der Waals surface area contributed by atoms with Gasteiger partial charge in [-0.25, -0.2) is 0 Å². The number of para-hydroxylation sites is 1. The number of carbonyl (C=O) groups excluding carboxylic acids is 2. The van der Waals surface area contributed by atoms with Crippen LogP contribution in [0.2, 0.25) is 0 Å². The predicted octanol–water partition coefficient (Wildman–Crippen LogP) is 4.18. The van der Waals surface area contributed by atoms with E-state index in [4.69, 9.17) is 9.15 Å². The van der Waals surface area contributed by atoms with Crippen molar-refractivity contribution in [2.75, 3.05) is 17.2 Å². The Morgan fingerprint density at radius 1 is 0.885 bits per heavy atom. The second-order valence-corrected chi connectivity index (χ2v) is 5.39. The summed E-state index contributed by atoms with van der Waals surface area (Å²) in [5, 5.41) is 5.53. The summed E-state index contributed by atoms with van der Waals surface area (Å²) in [4.78, 5) is 24.4. The van der Waals surface area contributed by atoms with Gasteiger partial charge in [0.15, 0.2) is 5.76 Å². The Morgan fingerprint density at radius 3 is 2.15 bits per heavy atom. The number of hydrogen-bond donors (Lipinski definition) is 2. The van der Waals surface area contributed by atoms with Crippen LogP contribution in [0.3, 0.4) is 0 Å². The van der Waals surface area contributed by atoms with Gasteiger partial charge < -0.3 is 19.8 Å². The van der Waals surface area contributed by atoms with Gasteiger partial charge in [-0.2, -0.15) is 0 Å². The van der Waals surface area contributed by atoms with E-state index in [1.165, 1.54) is 6.26 Å². The van der Waals surface area contributed by atoms with Crippen molar-refractivity contribution in [3.8, 4) is 5.75 Å². The summed E-state index contributed by atoms with van der Waals surface area (Å²) in [6, 6.07) is 17.1. The second kappa shape index (κ2) is 8.02. The highest BCUT2D eigenvalue weighted by molar-refractivity contribution is 6.06. The Bertz CT molecular complexity index is 886. The highest BCUT2D eigenvalue weighted by atomic mass is 16.5. The molecule has 3 aromatic rings. The smallest absolute Gasteiger partial charge is 0.291 e. The molecule has 3 rings (SSSR count). The zero-order valence-corrected chi connectivity index (χ0v) is 14.2. The van der Waals surface area contributed by atoms with Gasteiger partial charge in [0.1, 0.15) is 5.75 Å². The number of nitrogens with one attached hydrogen (secondary N) is 2. The molecule has 0 saturated carbocycles. The van der Waals surface area contributed by atoms with E-state index in [0.29, 0.717) is 29.3 Å². The lowest BCUT2D eigenvalue weighted by molar-refractivity contribution is 0.0994. The van der Waals surface area contributed by atoms with Gasteiger partial charge in [-0.05, 0) is 55.5 Å². The third-order valence-corrected chi connectivity index (χ3v) is 3.58. The van der Waals surface area contributed by atoms with Gasteiger partial charge in [0, 0.05) is 11.4 Å². The van der Waals surface area contributed by atoms with E-state index in [0.717, 1.165) is 0 Å². The van der Waals surface area contributed by atoms with Gasteiger partial charge in [0.25, 0.3) is 11.8 Å². The van der Waals surface area contributed by atoms with Crippen molar-refractivity contribution in [2.45, 2.75) is 6.92 Å². The molecule has 0 saturated heterocycles. The Balaban J connectivity index is 1.66. The molecule has 1 heterocycles. The Morgan fingerprint density at radius 2 is 1.54 bits per heavy atom. The fourth-order valence-corrected chi connectivity index (χ4v) is 2.37. The van der Waals surface area contributed by atoms with Crippen LogP contribution in [0.25, 0.3) is 0 Å². The number of ether oxygens (including phenoxy) is 1. The Labute approximate surface area is 150 Å². The van der Waals surface area contributed by atoms with Crippen LogP contribution in [0.15, 0.2) is 71.3 Å². The maximum Gasteiger partial charge on any atom is 0.291 e. The minimum atomic E-state index is -0.336. The minimum absolute atomic E-state index is 0.231. The number of amides is 2. The van der Waals surface area contributed by atoms with Crippen molar-refractivity contribution in [1.29, 1.82) is 0 Å². The average molecular weight is 350 g/mol. The molecule has 0 spiro atoms. The van der Waals surface area contributed by atoms with Crippen LogP contribution in [-0.4, -0.2) is 18.4 Å². The lowest BCUT2D eigenvalue weighted by Gasteiger charge is -2.11. The van der Waals surface area contributed by atoms with Gasteiger partial charge in [-0.15, -0.1) is 0 Å². The fourth-order valence-electron chi connectivity index (χ4n) is 2.37. The first-order chi connectivity index (χ1) is 12.7. The topological polar surface area (TPSA) is 80.6 Å². The van der Waals surface area contributed by atoms with E-state index in [-0.39, 0.29) is 17.6 Å². The third kappa shape index (κ3) is 4.10. The molecule has 6 nitrogen and oxygen atoms in total. The first-order valence-electron chi connectivity index (χ1n) is 8.15. The highest BCUT2D eigenvalue weighted by Gasteiger charge is 2.12. The molecule has 0 bridgehead atoms. The van der Waals surface area contributed by atoms with E-state index in [2.05, 4.69) is 10.6 Å². The summed E-state index contributed by atoms with van der Waals surface area (Å²) in [7, 11) is 0. The molecule has 0 aliphatic rings. The molecular weight excluding hydrogens is 332 g/mol. The summed E-state index contributed by atoms with van der Waals surface area (Å²) in [5.41, 5.74) is 1.67. The summed E-state index contributed by atoms with van der Waals surface area (Å²) < 4.78 is 10.5. The monoisotopic (exact) mass is 350 g/mol. The summed E-state index contributed by atoms with van der Waals surface area (Å²) in [6.07, 6.45) is 1.44. The van der Waals surface area contributed by atoms with Crippen molar-refractivity contribution >= 4 is 23.2 Å². The largest absolute Gasteiger partial charge is 0.493 e. The maximum atomic E-state index is 12.5. The predicted molar refractivity (Wildman–Crippen MR) is 98.7 cm³/mol. The van der Waals surface area contributed by atoms with Crippen molar-refractivity contribution < 1.29 is 18.7 Å². The fraction of sp³-hybridized carbons (Fsp3) is 0.100. The molecule has 0 aliphatic heterocycles. The number of benzene rings is 2. The Hall–Kier alpha value is -3.54. The molecule has 0 unspecified atom stereocenters. The van der Waals surface area contributed by atoms with Gasteiger partial charge in [-0.3, -0.25) is 9.59 Å². The van der Waals surface area contributed by atoms with Gasteiger partial charge in [-0.1, -0.05) is 12.1 Å². The maximum absolute atomic E-state index is 12.5.